The van der Waals surface area contributed by atoms with Crippen LogP contribution in [0.4, 0.5) is 5.69 Å². The van der Waals surface area contributed by atoms with Crippen LogP contribution in [0.25, 0.3) is 0 Å². The second-order valence-corrected chi connectivity index (χ2v) is 2.59. The van der Waals surface area contributed by atoms with Crippen LogP contribution in [0.15, 0.2) is 24.3 Å². The van der Waals surface area contributed by atoms with Gasteiger partial charge in [-0.2, -0.15) is 0 Å². The van der Waals surface area contributed by atoms with Gasteiger partial charge in [-0.15, -0.1) is 0 Å². The van der Waals surface area contributed by atoms with E-state index in [4.69, 9.17) is 17.5 Å². The highest BCUT2D eigenvalue weighted by Gasteiger charge is 2.19. The van der Waals surface area contributed by atoms with Crippen molar-refractivity contribution in [1.29, 1.82) is 0 Å². The van der Waals surface area contributed by atoms with E-state index in [1.165, 1.54) is 12.1 Å². The summed E-state index contributed by atoms with van der Waals surface area (Å²) in [5.41, 5.74) is 6.36. The molecular formula is C8H11N3O3. The molecule has 0 aromatic heterocycles. The number of benzene rings is 1. The molecule has 0 amide bonds. The molecule has 0 saturated carbocycles. The fourth-order valence-electron chi connectivity index (χ4n) is 0.939. The van der Waals surface area contributed by atoms with Crippen molar-refractivity contribution in [1.82, 2.24) is 0 Å². The zero-order valence-electron chi connectivity index (χ0n) is 7.34. The summed E-state index contributed by atoms with van der Waals surface area (Å²) in [5.74, 6) is 9.14. The molecule has 0 heterocycles. The number of hydrogen-bond acceptors (Lipinski definition) is 6. The highest BCUT2D eigenvalue weighted by molar-refractivity contribution is 5.98. The largest absolute Gasteiger partial charge is 0.399 e. The lowest BCUT2D eigenvalue weighted by Gasteiger charge is -2.09. The third kappa shape index (κ3) is 2.27. The van der Waals surface area contributed by atoms with E-state index < -0.39 is 12.1 Å². The Morgan fingerprint density at radius 2 is 1.64 bits per heavy atom. The van der Waals surface area contributed by atoms with Crippen LogP contribution in [-0.2, 0) is 9.68 Å². The molecule has 0 atom stereocenters. The van der Waals surface area contributed by atoms with E-state index in [1.807, 2.05) is 0 Å². The molecule has 6 nitrogen and oxygen atoms in total. The molecule has 1 aromatic rings. The van der Waals surface area contributed by atoms with Crippen molar-refractivity contribution >= 4 is 11.5 Å². The molecule has 0 spiro atoms. The number of nitrogens with two attached hydrogens (primary N) is 3. The van der Waals surface area contributed by atoms with Crippen molar-refractivity contribution in [2.45, 2.75) is 6.29 Å². The Kier molecular flexibility index (Phi) is 3.55. The van der Waals surface area contributed by atoms with Gasteiger partial charge in [0.1, 0.15) is 0 Å². The number of rotatable bonds is 4. The van der Waals surface area contributed by atoms with Gasteiger partial charge < -0.3 is 5.73 Å². The number of anilines is 1. The second kappa shape index (κ2) is 4.68. The number of hydrogen-bond donors (Lipinski definition) is 3. The zero-order chi connectivity index (χ0) is 10.6. The molecule has 1 rings (SSSR count). The smallest absolute Gasteiger partial charge is 0.258 e. The van der Waals surface area contributed by atoms with E-state index in [2.05, 4.69) is 9.68 Å². The first-order valence-electron chi connectivity index (χ1n) is 3.80. The number of carbonyl (C=O) groups is 1. The highest BCUT2D eigenvalue weighted by atomic mass is 16.8. The molecular weight excluding hydrogens is 186 g/mol. The van der Waals surface area contributed by atoms with E-state index >= 15 is 0 Å². The predicted molar refractivity (Wildman–Crippen MR) is 49.5 cm³/mol. The first-order valence-corrected chi connectivity index (χ1v) is 3.80. The van der Waals surface area contributed by atoms with Crippen LogP contribution in [0.1, 0.15) is 10.4 Å². The normalized spacial score (nSPS) is 10.5. The van der Waals surface area contributed by atoms with Gasteiger partial charge in [-0.1, -0.05) is 0 Å². The molecule has 0 unspecified atom stereocenters. The maximum atomic E-state index is 11.5. The van der Waals surface area contributed by atoms with Gasteiger partial charge in [0.05, 0.1) is 0 Å². The third-order valence-electron chi connectivity index (χ3n) is 1.66. The zero-order valence-corrected chi connectivity index (χ0v) is 7.34. The number of Topliss-reactive ketones (excluding diaryl/α,β-unsaturated/α-hetero) is 1. The first-order chi connectivity index (χ1) is 6.69. The summed E-state index contributed by atoms with van der Waals surface area (Å²) in [6, 6.07) is 6.22. The van der Waals surface area contributed by atoms with Crippen molar-refractivity contribution in [2.24, 2.45) is 11.8 Å². The van der Waals surface area contributed by atoms with Crippen LogP contribution in [0.5, 0.6) is 0 Å². The molecule has 0 saturated heterocycles. The van der Waals surface area contributed by atoms with Gasteiger partial charge in [0.2, 0.25) is 5.78 Å². The Balaban J connectivity index is 2.83. The van der Waals surface area contributed by atoms with Crippen molar-refractivity contribution < 1.29 is 14.5 Å². The molecule has 76 valence electrons. The fraction of sp³-hybridized carbons (Fsp3) is 0.125. The lowest BCUT2D eigenvalue weighted by Crippen LogP contribution is -2.32. The minimum atomic E-state index is -1.29. The summed E-state index contributed by atoms with van der Waals surface area (Å²) >= 11 is 0. The van der Waals surface area contributed by atoms with Crippen molar-refractivity contribution in [3.8, 4) is 0 Å². The van der Waals surface area contributed by atoms with Crippen molar-refractivity contribution in [3.05, 3.63) is 29.8 Å². The molecule has 6 N–H and O–H groups in total. The van der Waals surface area contributed by atoms with Gasteiger partial charge in [0.25, 0.3) is 6.29 Å². The molecule has 6 heteroatoms. The summed E-state index contributed by atoms with van der Waals surface area (Å²) in [6.07, 6.45) is -1.29. The molecule has 0 fully saturated rings. The molecule has 1 aromatic carbocycles. The topological polar surface area (TPSA) is 114 Å². The van der Waals surface area contributed by atoms with Gasteiger partial charge >= 0.3 is 0 Å². The van der Waals surface area contributed by atoms with Crippen molar-refractivity contribution in [3.63, 3.8) is 0 Å². The average Bonchev–Trinajstić information content (AvgIpc) is 2.20. The molecule has 14 heavy (non-hydrogen) atoms. The number of nitrogen functional groups attached to an aromatic ring is 1. The standard InChI is InChI=1S/C8H11N3O3/c9-6-3-1-5(2-4-6)7(12)8(13-10)14-11/h1-4,8H,9-11H2. The fourth-order valence-corrected chi connectivity index (χ4v) is 0.939. The third-order valence-corrected chi connectivity index (χ3v) is 1.66. The highest BCUT2D eigenvalue weighted by Crippen LogP contribution is 2.08. The van der Waals surface area contributed by atoms with E-state index in [0.29, 0.717) is 11.3 Å². The van der Waals surface area contributed by atoms with Gasteiger partial charge in [-0.05, 0) is 24.3 Å². The minimum Gasteiger partial charge on any atom is -0.399 e. The Labute approximate surface area is 80.5 Å². The lowest BCUT2D eigenvalue weighted by molar-refractivity contribution is -0.118. The van der Waals surface area contributed by atoms with Crippen molar-refractivity contribution in [2.75, 3.05) is 5.73 Å². The SMILES string of the molecule is NOC(ON)C(=O)c1ccc(N)cc1. The predicted octanol–water partition coefficient (Wildman–Crippen LogP) is -0.442. The van der Waals surface area contributed by atoms with Gasteiger partial charge in [0, 0.05) is 11.3 Å². The summed E-state index contributed by atoms with van der Waals surface area (Å²) in [5, 5.41) is 0. The van der Waals surface area contributed by atoms with Gasteiger partial charge in [-0.3, -0.25) is 14.5 Å². The molecule has 0 radical (unpaired) electrons. The van der Waals surface area contributed by atoms with E-state index in [1.54, 1.807) is 12.1 Å². The van der Waals surface area contributed by atoms with Crippen LogP contribution in [0, 0.1) is 0 Å². The molecule has 0 aliphatic carbocycles. The average molecular weight is 197 g/mol. The molecule has 0 aliphatic heterocycles. The van der Waals surface area contributed by atoms with Crippen LogP contribution in [-0.4, -0.2) is 12.1 Å². The summed E-state index contributed by atoms with van der Waals surface area (Å²) in [6.45, 7) is 0. The maximum Gasteiger partial charge on any atom is 0.258 e. The number of carbonyl (C=O) groups excluding carboxylic acids is 1. The van der Waals surface area contributed by atoms with Crippen LogP contribution in [0.3, 0.4) is 0 Å². The minimum absolute atomic E-state index is 0.361. The van der Waals surface area contributed by atoms with E-state index in [0.717, 1.165) is 0 Å². The summed E-state index contributed by atoms with van der Waals surface area (Å²) < 4.78 is 0. The summed E-state index contributed by atoms with van der Waals surface area (Å²) in [4.78, 5) is 19.9. The molecule has 0 bridgehead atoms. The first kappa shape index (κ1) is 10.6. The Hall–Kier alpha value is -1.47. The van der Waals surface area contributed by atoms with Crippen LogP contribution < -0.4 is 17.5 Å². The van der Waals surface area contributed by atoms with E-state index in [-0.39, 0.29) is 0 Å². The quantitative estimate of drug-likeness (QED) is 0.261. The summed E-state index contributed by atoms with van der Waals surface area (Å²) in [7, 11) is 0. The van der Waals surface area contributed by atoms with Gasteiger partial charge in [0.15, 0.2) is 0 Å². The monoisotopic (exact) mass is 197 g/mol. The van der Waals surface area contributed by atoms with Crippen LogP contribution in [0.2, 0.25) is 0 Å². The number of ketones is 1. The Morgan fingerprint density at radius 1 is 1.14 bits per heavy atom. The Morgan fingerprint density at radius 3 is 2.07 bits per heavy atom. The molecule has 0 aliphatic rings. The maximum absolute atomic E-state index is 11.5. The second-order valence-electron chi connectivity index (χ2n) is 2.59. The van der Waals surface area contributed by atoms with Crippen LogP contribution >= 0.6 is 0 Å². The Bertz CT molecular complexity index is 308. The van der Waals surface area contributed by atoms with Gasteiger partial charge in [-0.25, -0.2) is 11.8 Å². The lowest BCUT2D eigenvalue weighted by atomic mass is 10.1. The van der Waals surface area contributed by atoms with E-state index in [9.17, 15) is 4.79 Å².